The van der Waals surface area contributed by atoms with Gasteiger partial charge in [-0.3, -0.25) is 4.98 Å². The predicted octanol–water partition coefficient (Wildman–Crippen LogP) is 2.09. The summed E-state index contributed by atoms with van der Waals surface area (Å²) in [6, 6.07) is 6.85. The van der Waals surface area contributed by atoms with Crippen molar-refractivity contribution < 1.29 is 0 Å². The van der Waals surface area contributed by atoms with Gasteiger partial charge >= 0.3 is 0 Å². The van der Waals surface area contributed by atoms with Gasteiger partial charge in [-0.25, -0.2) is 0 Å². The molecule has 1 aliphatic heterocycles. The molecule has 0 aliphatic carbocycles. The van der Waals surface area contributed by atoms with Gasteiger partial charge in [-0.15, -0.1) is 0 Å². The molecule has 1 aromatic heterocycles. The molecule has 1 fully saturated rings. The van der Waals surface area contributed by atoms with Crippen molar-refractivity contribution in [1.82, 2.24) is 15.2 Å². The molecule has 2 rings (SSSR count). The van der Waals surface area contributed by atoms with Crippen LogP contribution in [0.1, 0.15) is 31.9 Å². The quantitative estimate of drug-likeness (QED) is 0.834. The Labute approximate surface area is 111 Å². The highest BCUT2D eigenvalue weighted by atomic mass is 15.1. The Morgan fingerprint density at radius 1 is 1.33 bits per heavy atom. The minimum atomic E-state index is 0.710. The lowest BCUT2D eigenvalue weighted by atomic mass is 10.0. The SMILES string of the molecule is CCCN1CCC(NCCc2ccccn2)CC1. The Kier molecular flexibility index (Phi) is 5.62. The van der Waals surface area contributed by atoms with Gasteiger partial charge in [0, 0.05) is 30.9 Å². The number of rotatable bonds is 6. The predicted molar refractivity (Wildman–Crippen MR) is 75.7 cm³/mol. The maximum atomic E-state index is 4.35. The third kappa shape index (κ3) is 4.39. The van der Waals surface area contributed by atoms with Crippen LogP contribution in [0.3, 0.4) is 0 Å². The lowest BCUT2D eigenvalue weighted by Crippen LogP contribution is -2.43. The molecule has 3 nitrogen and oxygen atoms in total. The van der Waals surface area contributed by atoms with Crippen LogP contribution >= 0.6 is 0 Å². The van der Waals surface area contributed by atoms with E-state index in [0.29, 0.717) is 6.04 Å². The van der Waals surface area contributed by atoms with Crippen LogP contribution in [0.2, 0.25) is 0 Å². The van der Waals surface area contributed by atoms with Gasteiger partial charge in [0.05, 0.1) is 0 Å². The first kappa shape index (κ1) is 13.5. The van der Waals surface area contributed by atoms with Crippen LogP contribution in [-0.4, -0.2) is 42.1 Å². The first-order chi connectivity index (χ1) is 8.88. The molecule has 2 heterocycles. The highest BCUT2D eigenvalue weighted by molar-refractivity contribution is 5.03. The molecule has 18 heavy (non-hydrogen) atoms. The molecule has 0 radical (unpaired) electrons. The second-order valence-corrected chi connectivity index (χ2v) is 5.14. The van der Waals surface area contributed by atoms with Gasteiger partial charge in [-0.05, 0) is 51.0 Å². The lowest BCUT2D eigenvalue weighted by Gasteiger charge is -2.32. The summed E-state index contributed by atoms with van der Waals surface area (Å²) >= 11 is 0. The van der Waals surface area contributed by atoms with E-state index in [1.54, 1.807) is 0 Å². The molecular weight excluding hydrogens is 222 g/mol. The fourth-order valence-electron chi connectivity index (χ4n) is 2.63. The van der Waals surface area contributed by atoms with E-state index in [1.807, 2.05) is 12.3 Å². The number of likely N-dealkylation sites (tertiary alicyclic amines) is 1. The summed E-state index contributed by atoms with van der Waals surface area (Å²) in [4.78, 5) is 6.93. The van der Waals surface area contributed by atoms with Crippen LogP contribution < -0.4 is 5.32 Å². The van der Waals surface area contributed by atoms with Crippen LogP contribution in [0.5, 0.6) is 0 Å². The average Bonchev–Trinajstić information content (AvgIpc) is 2.42. The minimum absolute atomic E-state index is 0.710. The van der Waals surface area contributed by atoms with Crippen molar-refractivity contribution in [2.45, 2.75) is 38.6 Å². The largest absolute Gasteiger partial charge is 0.313 e. The van der Waals surface area contributed by atoms with E-state index in [9.17, 15) is 0 Å². The second kappa shape index (κ2) is 7.49. The van der Waals surface area contributed by atoms with Gasteiger partial charge in [-0.1, -0.05) is 13.0 Å². The highest BCUT2D eigenvalue weighted by Crippen LogP contribution is 2.10. The van der Waals surface area contributed by atoms with Crippen molar-refractivity contribution in [3.8, 4) is 0 Å². The fourth-order valence-corrected chi connectivity index (χ4v) is 2.63. The van der Waals surface area contributed by atoms with Crippen molar-refractivity contribution in [1.29, 1.82) is 0 Å². The molecule has 0 atom stereocenters. The first-order valence-corrected chi connectivity index (χ1v) is 7.24. The molecular formula is C15H25N3. The van der Waals surface area contributed by atoms with E-state index in [2.05, 4.69) is 34.3 Å². The van der Waals surface area contributed by atoms with Crippen molar-refractivity contribution in [2.75, 3.05) is 26.2 Å². The maximum Gasteiger partial charge on any atom is 0.0416 e. The molecule has 1 N–H and O–H groups in total. The maximum absolute atomic E-state index is 4.35. The topological polar surface area (TPSA) is 28.2 Å². The summed E-state index contributed by atoms with van der Waals surface area (Å²) in [5.41, 5.74) is 1.19. The molecule has 0 unspecified atom stereocenters. The number of aromatic nitrogens is 1. The van der Waals surface area contributed by atoms with Gasteiger partial charge in [-0.2, -0.15) is 0 Å². The summed E-state index contributed by atoms with van der Waals surface area (Å²) in [6.07, 6.45) is 6.77. The van der Waals surface area contributed by atoms with Crippen LogP contribution in [-0.2, 0) is 6.42 Å². The number of hydrogen-bond donors (Lipinski definition) is 1. The van der Waals surface area contributed by atoms with Crippen LogP contribution in [0, 0.1) is 0 Å². The second-order valence-electron chi connectivity index (χ2n) is 5.14. The van der Waals surface area contributed by atoms with E-state index < -0.39 is 0 Å². The third-order valence-electron chi connectivity index (χ3n) is 3.67. The van der Waals surface area contributed by atoms with E-state index in [-0.39, 0.29) is 0 Å². The van der Waals surface area contributed by atoms with Crippen LogP contribution in [0.15, 0.2) is 24.4 Å². The summed E-state index contributed by atoms with van der Waals surface area (Å²) in [7, 11) is 0. The zero-order chi connectivity index (χ0) is 12.6. The lowest BCUT2D eigenvalue weighted by molar-refractivity contribution is 0.198. The first-order valence-electron chi connectivity index (χ1n) is 7.24. The van der Waals surface area contributed by atoms with E-state index in [4.69, 9.17) is 0 Å². The van der Waals surface area contributed by atoms with Gasteiger partial charge in [0.25, 0.3) is 0 Å². The Bertz CT molecular complexity index is 318. The van der Waals surface area contributed by atoms with Gasteiger partial charge in [0.2, 0.25) is 0 Å². The zero-order valence-corrected chi connectivity index (χ0v) is 11.4. The molecule has 0 spiro atoms. The number of hydrogen-bond acceptors (Lipinski definition) is 3. The Morgan fingerprint density at radius 3 is 2.83 bits per heavy atom. The highest BCUT2D eigenvalue weighted by Gasteiger charge is 2.17. The Hall–Kier alpha value is -0.930. The third-order valence-corrected chi connectivity index (χ3v) is 3.67. The molecule has 3 heteroatoms. The van der Waals surface area contributed by atoms with Crippen molar-refractivity contribution in [3.63, 3.8) is 0 Å². The van der Waals surface area contributed by atoms with Crippen LogP contribution in [0.25, 0.3) is 0 Å². The zero-order valence-electron chi connectivity index (χ0n) is 11.4. The number of nitrogens with zero attached hydrogens (tertiary/aromatic N) is 2. The molecule has 100 valence electrons. The van der Waals surface area contributed by atoms with E-state index >= 15 is 0 Å². The normalized spacial score (nSPS) is 18.1. The summed E-state index contributed by atoms with van der Waals surface area (Å²) in [5, 5.41) is 3.67. The summed E-state index contributed by atoms with van der Waals surface area (Å²) in [5.74, 6) is 0. The number of nitrogens with one attached hydrogen (secondary N) is 1. The van der Waals surface area contributed by atoms with Gasteiger partial charge in [0.15, 0.2) is 0 Å². The number of pyridine rings is 1. The molecule has 1 saturated heterocycles. The molecule has 0 bridgehead atoms. The Morgan fingerprint density at radius 2 is 2.17 bits per heavy atom. The van der Waals surface area contributed by atoms with Gasteiger partial charge in [0.1, 0.15) is 0 Å². The van der Waals surface area contributed by atoms with E-state index in [1.165, 1.54) is 44.6 Å². The van der Waals surface area contributed by atoms with Crippen LogP contribution in [0.4, 0.5) is 0 Å². The summed E-state index contributed by atoms with van der Waals surface area (Å²) < 4.78 is 0. The molecule has 1 aliphatic rings. The molecule has 0 amide bonds. The monoisotopic (exact) mass is 247 g/mol. The van der Waals surface area contributed by atoms with E-state index in [0.717, 1.165) is 13.0 Å². The molecule has 0 aromatic carbocycles. The fraction of sp³-hybridized carbons (Fsp3) is 0.667. The minimum Gasteiger partial charge on any atom is -0.313 e. The smallest absolute Gasteiger partial charge is 0.0416 e. The Balaban J connectivity index is 1.61. The molecule has 0 saturated carbocycles. The van der Waals surface area contributed by atoms with Crippen molar-refractivity contribution in [3.05, 3.63) is 30.1 Å². The summed E-state index contributed by atoms with van der Waals surface area (Å²) in [6.45, 7) is 7.09. The number of piperidine rings is 1. The van der Waals surface area contributed by atoms with Gasteiger partial charge < -0.3 is 10.2 Å². The molecule has 1 aromatic rings. The standard InChI is InChI=1S/C15H25N3/c1-2-11-18-12-7-15(8-13-18)17-10-6-14-5-3-4-9-16-14/h3-5,9,15,17H,2,6-8,10-13H2,1H3. The van der Waals surface area contributed by atoms with Crippen molar-refractivity contribution in [2.24, 2.45) is 0 Å². The average molecular weight is 247 g/mol. The van der Waals surface area contributed by atoms with Crippen molar-refractivity contribution >= 4 is 0 Å².